The second-order valence-corrected chi connectivity index (χ2v) is 10.1. The average Bonchev–Trinajstić information content (AvgIpc) is 3.25. The molecule has 37 heavy (non-hydrogen) atoms. The van der Waals surface area contributed by atoms with Crippen LogP contribution in [0.25, 0.3) is 0 Å². The zero-order valence-corrected chi connectivity index (χ0v) is 23.3. The Kier molecular flexibility index (Phi) is 12.8. The molecule has 1 aromatic heterocycles. The Morgan fingerprint density at radius 1 is 1.11 bits per heavy atom. The van der Waals surface area contributed by atoms with Crippen molar-refractivity contribution in [3.8, 4) is 0 Å². The molecule has 0 saturated carbocycles. The molecule has 1 aromatic rings. The zero-order chi connectivity index (χ0) is 27.2. The Balaban J connectivity index is 2.21. The number of hydrogen-bond donors (Lipinski definition) is 1. The molecule has 0 aromatic carbocycles. The van der Waals surface area contributed by atoms with Crippen LogP contribution in [0.5, 0.6) is 0 Å². The van der Waals surface area contributed by atoms with Gasteiger partial charge in [-0.3, -0.25) is 4.79 Å². The Morgan fingerprint density at radius 3 is 2.59 bits per heavy atom. The Hall–Kier alpha value is -3.19. The second-order valence-electron chi connectivity index (χ2n) is 10.1. The van der Waals surface area contributed by atoms with Crippen molar-refractivity contribution in [1.29, 1.82) is 0 Å². The fourth-order valence-electron chi connectivity index (χ4n) is 3.88. The van der Waals surface area contributed by atoms with Crippen LogP contribution in [0.3, 0.4) is 0 Å². The van der Waals surface area contributed by atoms with Crippen LogP contribution in [0.4, 0.5) is 0 Å². The first-order valence-electron chi connectivity index (χ1n) is 13.1. The number of ether oxygens (including phenoxy) is 2. The summed E-state index contributed by atoms with van der Waals surface area (Å²) in [6.45, 7) is 8.78. The number of fused-ring (bicyclic) bond motifs is 2. The van der Waals surface area contributed by atoms with E-state index in [-0.39, 0.29) is 12.1 Å². The molecule has 0 saturated heterocycles. The molecule has 0 fully saturated rings. The molecule has 0 amide bonds. The quantitative estimate of drug-likeness (QED) is 0.421. The lowest BCUT2D eigenvalue weighted by molar-refractivity contribution is -0.148. The first kappa shape index (κ1) is 30.0. The molecule has 0 radical (unpaired) electrons. The number of cyclic esters (lactones) is 2. The number of aromatic amines is 1. The summed E-state index contributed by atoms with van der Waals surface area (Å²) >= 11 is 0. The van der Waals surface area contributed by atoms with Gasteiger partial charge in [-0.05, 0) is 67.1 Å². The lowest BCUT2D eigenvalue weighted by atomic mass is 10.1. The number of allylic oxidation sites excluding steroid dienone is 6. The molecule has 7 nitrogen and oxygen atoms in total. The molecule has 1 aliphatic heterocycles. The van der Waals surface area contributed by atoms with Gasteiger partial charge >= 0.3 is 11.9 Å². The molecule has 7 heteroatoms. The van der Waals surface area contributed by atoms with Crippen LogP contribution in [-0.2, 0) is 31.9 Å². The molecule has 1 aliphatic rings. The van der Waals surface area contributed by atoms with Crippen LogP contribution in [0, 0.1) is 0 Å². The van der Waals surface area contributed by atoms with E-state index < -0.39 is 12.1 Å². The standard InChI is InChI=1S/C30H43N3O4/c1-22(16-17-33(5)6)14-15-24(3)19-27-20-28-31-21-26(32-28)11-7-8-12-29(34)36-25(4)18-23(2)10-9-13-30(35)37-27/h9-10,13-16,19,21,25,27H,7-8,11-12,17-18,20H2,1-6H3,(H,31,32)/b13-9-,15-14+,22-16+,23-10+,24-19+. The van der Waals surface area contributed by atoms with Crippen molar-refractivity contribution < 1.29 is 19.1 Å². The number of likely N-dealkylation sites (N-methyl/N-ethyl adjacent to an activating group) is 1. The number of carbonyl (C=O) groups is 2. The summed E-state index contributed by atoms with van der Waals surface area (Å²) < 4.78 is 11.3. The van der Waals surface area contributed by atoms with Crippen molar-refractivity contribution in [1.82, 2.24) is 14.9 Å². The number of hydrogen-bond acceptors (Lipinski definition) is 6. The summed E-state index contributed by atoms with van der Waals surface area (Å²) in [7, 11) is 4.07. The SMILES string of the molecule is CC(/C=C/C(C)=C/C1Cc2ncc([nH]2)CCCCC(=O)OC(C)C/C(C)=C/C=C\C(=O)O1)=C\CN(C)C. The first-order chi connectivity index (χ1) is 17.6. The number of nitrogens with zero attached hydrogens (tertiary/aromatic N) is 2. The molecule has 2 rings (SSSR count). The molecule has 2 heterocycles. The highest BCUT2D eigenvalue weighted by Crippen LogP contribution is 2.14. The van der Waals surface area contributed by atoms with E-state index in [2.05, 4.69) is 33.9 Å². The van der Waals surface area contributed by atoms with Crippen molar-refractivity contribution in [2.75, 3.05) is 20.6 Å². The van der Waals surface area contributed by atoms with Gasteiger partial charge in [0.15, 0.2) is 0 Å². The van der Waals surface area contributed by atoms with Crippen molar-refractivity contribution in [2.45, 2.75) is 78.4 Å². The van der Waals surface area contributed by atoms with E-state index in [9.17, 15) is 9.59 Å². The molecular weight excluding hydrogens is 466 g/mol. The van der Waals surface area contributed by atoms with Gasteiger partial charge in [0, 0.05) is 43.8 Å². The molecular formula is C30H43N3O4. The summed E-state index contributed by atoms with van der Waals surface area (Å²) in [5.41, 5.74) is 4.18. The molecule has 0 spiro atoms. The number of H-pyrrole nitrogens is 1. The summed E-state index contributed by atoms with van der Waals surface area (Å²) in [5, 5.41) is 0. The van der Waals surface area contributed by atoms with Crippen LogP contribution in [0.2, 0.25) is 0 Å². The number of imidazole rings is 1. The number of aryl methyl sites for hydroxylation is 1. The van der Waals surface area contributed by atoms with E-state index in [1.54, 1.807) is 6.08 Å². The van der Waals surface area contributed by atoms with Crippen LogP contribution in [-0.4, -0.2) is 59.7 Å². The third kappa shape index (κ3) is 13.1. The van der Waals surface area contributed by atoms with Gasteiger partial charge in [-0.25, -0.2) is 9.78 Å². The van der Waals surface area contributed by atoms with Crippen LogP contribution in [0.15, 0.2) is 65.4 Å². The summed E-state index contributed by atoms with van der Waals surface area (Å²) in [5.74, 6) is 0.159. The van der Waals surface area contributed by atoms with Gasteiger partial charge in [0.25, 0.3) is 0 Å². The lowest BCUT2D eigenvalue weighted by Crippen LogP contribution is -2.18. The fourth-order valence-corrected chi connectivity index (χ4v) is 3.88. The number of nitrogens with one attached hydrogen (secondary N) is 1. The zero-order valence-electron chi connectivity index (χ0n) is 23.3. The largest absolute Gasteiger partial charge is 0.462 e. The summed E-state index contributed by atoms with van der Waals surface area (Å²) in [6.07, 6.45) is 18.2. The maximum Gasteiger partial charge on any atom is 0.331 e. The van der Waals surface area contributed by atoms with Gasteiger partial charge in [0.05, 0.1) is 0 Å². The topological polar surface area (TPSA) is 84.5 Å². The highest BCUT2D eigenvalue weighted by atomic mass is 16.5. The van der Waals surface area contributed by atoms with Gasteiger partial charge in [0.2, 0.25) is 0 Å². The van der Waals surface area contributed by atoms with E-state index in [0.29, 0.717) is 19.3 Å². The van der Waals surface area contributed by atoms with Crippen molar-refractivity contribution in [3.05, 3.63) is 77.0 Å². The van der Waals surface area contributed by atoms with Crippen molar-refractivity contribution >= 4 is 11.9 Å². The van der Waals surface area contributed by atoms with Gasteiger partial charge in [-0.1, -0.05) is 47.1 Å². The number of esters is 2. The van der Waals surface area contributed by atoms with Gasteiger partial charge in [-0.15, -0.1) is 0 Å². The number of carbonyl (C=O) groups excluding carboxylic acids is 2. The molecule has 0 aliphatic carbocycles. The number of rotatable bonds is 5. The maximum atomic E-state index is 12.6. The molecule has 1 N–H and O–H groups in total. The van der Waals surface area contributed by atoms with E-state index >= 15 is 0 Å². The minimum absolute atomic E-state index is 0.176. The van der Waals surface area contributed by atoms with Crippen LogP contribution >= 0.6 is 0 Å². The molecule has 2 atom stereocenters. The Bertz CT molecular complexity index is 1040. The Labute approximate surface area is 222 Å². The second kappa shape index (κ2) is 15.8. The van der Waals surface area contributed by atoms with Crippen LogP contribution in [0.1, 0.15) is 64.9 Å². The van der Waals surface area contributed by atoms with Crippen molar-refractivity contribution in [2.24, 2.45) is 0 Å². The third-order valence-corrected chi connectivity index (χ3v) is 5.81. The van der Waals surface area contributed by atoms with Gasteiger partial charge in [0.1, 0.15) is 18.0 Å². The minimum Gasteiger partial charge on any atom is -0.462 e. The average molecular weight is 510 g/mol. The van der Waals surface area contributed by atoms with Crippen LogP contribution < -0.4 is 0 Å². The maximum absolute atomic E-state index is 12.6. The monoisotopic (exact) mass is 509 g/mol. The smallest absolute Gasteiger partial charge is 0.331 e. The number of aromatic nitrogens is 2. The fraction of sp³-hybridized carbons (Fsp3) is 0.500. The predicted molar refractivity (Wildman–Crippen MR) is 148 cm³/mol. The summed E-state index contributed by atoms with van der Waals surface area (Å²) in [6, 6.07) is 0. The van der Waals surface area contributed by atoms with Gasteiger partial charge < -0.3 is 19.4 Å². The minimum atomic E-state index is -0.468. The third-order valence-electron chi connectivity index (χ3n) is 5.81. The normalized spacial score (nSPS) is 24.0. The van der Waals surface area contributed by atoms with E-state index in [1.807, 2.05) is 59.3 Å². The molecule has 202 valence electrons. The highest BCUT2D eigenvalue weighted by Gasteiger charge is 2.15. The van der Waals surface area contributed by atoms with E-state index in [0.717, 1.165) is 48.5 Å². The van der Waals surface area contributed by atoms with E-state index in [4.69, 9.17) is 9.47 Å². The first-order valence-corrected chi connectivity index (χ1v) is 13.1. The lowest BCUT2D eigenvalue weighted by Gasteiger charge is -2.13. The van der Waals surface area contributed by atoms with Crippen molar-refractivity contribution in [3.63, 3.8) is 0 Å². The van der Waals surface area contributed by atoms with Gasteiger partial charge in [-0.2, -0.15) is 0 Å². The molecule has 2 bridgehead atoms. The Morgan fingerprint density at radius 2 is 1.84 bits per heavy atom. The summed E-state index contributed by atoms with van der Waals surface area (Å²) in [4.78, 5) is 34.7. The van der Waals surface area contributed by atoms with E-state index in [1.165, 1.54) is 11.6 Å². The molecule has 2 unspecified atom stereocenters. The predicted octanol–water partition coefficient (Wildman–Crippen LogP) is 5.43. The highest BCUT2D eigenvalue weighted by molar-refractivity contribution is 5.82.